The van der Waals surface area contributed by atoms with Crippen molar-refractivity contribution >= 4 is 0 Å². The van der Waals surface area contributed by atoms with Gasteiger partial charge in [-0.2, -0.15) is 105 Å². The van der Waals surface area contributed by atoms with Gasteiger partial charge in [-0.15, -0.1) is 0 Å². The molecule has 0 aromatic heterocycles. The lowest BCUT2D eigenvalue weighted by Gasteiger charge is -2.29. The molecule has 0 N–H and O–H groups in total. The van der Waals surface area contributed by atoms with Crippen LogP contribution in [0.2, 0.25) is 0 Å². The van der Waals surface area contributed by atoms with Crippen molar-refractivity contribution in [2.24, 2.45) is 0 Å². The number of rotatable bonds is 13. The molecule has 0 amide bonds. The van der Waals surface area contributed by atoms with Crippen molar-refractivity contribution in [3.8, 4) is 33.4 Å². The van der Waals surface area contributed by atoms with Gasteiger partial charge in [0.05, 0.1) is 0 Å². The van der Waals surface area contributed by atoms with Crippen LogP contribution in [0.15, 0.2) is 84.9 Å². The van der Waals surface area contributed by atoms with Gasteiger partial charge in [0.15, 0.2) is 0 Å². The molecule has 0 saturated heterocycles. The molecule has 0 spiro atoms. The van der Waals surface area contributed by atoms with Gasteiger partial charge in [0, 0.05) is 25.7 Å². The highest BCUT2D eigenvalue weighted by molar-refractivity contribution is 5.74. The van der Waals surface area contributed by atoms with Gasteiger partial charge in [0.2, 0.25) is 0 Å². The number of hydrogen-bond acceptors (Lipinski definition) is 0. The molecule has 0 unspecified atom stereocenters. The lowest BCUT2D eigenvalue weighted by molar-refractivity contribution is -0.354. The summed E-state index contributed by atoms with van der Waals surface area (Å²) in [4.78, 5) is 0. The molecule has 0 atom stereocenters. The normalized spacial score (nSPS) is 14.4. The maximum Gasteiger partial charge on any atom is 0.459 e. The fraction of sp³-hybridized carbons (Fsp3) is 0.368. The second-order valence-electron chi connectivity index (χ2n) is 13.9. The van der Waals surface area contributed by atoms with Gasteiger partial charge in [-0.1, -0.05) is 84.9 Å². The van der Waals surface area contributed by atoms with E-state index in [1.165, 1.54) is 12.1 Å². The quantitative estimate of drug-likeness (QED) is 0.117. The van der Waals surface area contributed by atoms with E-state index in [0.29, 0.717) is 30.3 Å². The highest BCUT2D eigenvalue weighted by atomic mass is 19.4. The van der Waals surface area contributed by atoms with Crippen molar-refractivity contribution in [3.05, 3.63) is 107 Å². The van der Waals surface area contributed by atoms with E-state index in [4.69, 9.17) is 0 Å². The third-order valence-electron chi connectivity index (χ3n) is 9.04. The summed E-state index contributed by atoms with van der Waals surface area (Å²) >= 11 is 0. The molecule has 0 heterocycles. The average molecular weight is 935 g/mol. The molecule has 0 bridgehead atoms. The summed E-state index contributed by atoms with van der Waals surface area (Å²) in [7, 11) is 0. The Bertz CT molecular complexity index is 2080. The van der Waals surface area contributed by atoms with Crippen LogP contribution in [-0.2, 0) is 25.7 Å². The van der Waals surface area contributed by atoms with Crippen LogP contribution in [0.3, 0.4) is 0 Å². The zero-order chi connectivity index (χ0) is 47.5. The molecule has 0 radical (unpaired) electrons. The van der Waals surface area contributed by atoms with Crippen molar-refractivity contribution in [1.29, 1.82) is 0 Å². The van der Waals surface area contributed by atoms with Crippen LogP contribution in [0.4, 0.5) is 105 Å². The molecule has 0 nitrogen and oxygen atoms in total. The highest BCUT2D eigenvalue weighted by Gasteiger charge is 2.73. The average Bonchev–Trinajstić information content (AvgIpc) is 3.08. The first-order valence-corrected chi connectivity index (χ1v) is 16.7. The summed E-state index contributed by atoms with van der Waals surface area (Å²) in [6.07, 6.45) is -35.5. The Balaban J connectivity index is 1.74. The van der Waals surface area contributed by atoms with Gasteiger partial charge in [0.25, 0.3) is 0 Å². The molecule has 0 aliphatic rings. The first-order chi connectivity index (χ1) is 27.7. The van der Waals surface area contributed by atoms with E-state index in [9.17, 15) is 105 Å². The van der Waals surface area contributed by atoms with E-state index < -0.39 is 119 Å². The topological polar surface area (TPSA) is 0 Å². The fourth-order valence-electron chi connectivity index (χ4n) is 5.84. The van der Waals surface area contributed by atoms with Gasteiger partial charge >= 0.3 is 60.2 Å². The summed E-state index contributed by atoms with van der Waals surface area (Å²) in [6.45, 7) is 0. The van der Waals surface area contributed by atoms with Gasteiger partial charge < -0.3 is 0 Å². The van der Waals surface area contributed by atoms with Crippen LogP contribution in [0.5, 0.6) is 0 Å². The molecule has 0 saturated carbocycles. The molecule has 4 aromatic carbocycles. The number of halogens is 24. The van der Waals surface area contributed by atoms with Crippen LogP contribution in [-0.4, -0.2) is 60.2 Å². The molecule has 24 heteroatoms. The third-order valence-corrected chi connectivity index (χ3v) is 9.04. The van der Waals surface area contributed by atoms with Crippen LogP contribution < -0.4 is 0 Å². The maximum atomic E-state index is 14.3. The second-order valence-corrected chi connectivity index (χ2v) is 13.9. The molecular weight excluding hydrogens is 912 g/mol. The number of alkyl halides is 24. The zero-order valence-electron chi connectivity index (χ0n) is 30.0. The zero-order valence-corrected chi connectivity index (χ0v) is 30.0. The fourth-order valence-corrected chi connectivity index (χ4v) is 5.84. The molecule has 4 rings (SSSR count). The molecule has 4 aromatic rings. The minimum absolute atomic E-state index is 0.00250. The van der Waals surface area contributed by atoms with Crippen LogP contribution in [0.1, 0.15) is 22.3 Å². The Kier molecular flexibility index (Phi) is 12.9. The van der Waals surface area contributed by atoms with E-state index in [1.807, 2.05) is 0 Å². The lowest BCUT2D eigenvalue weighted by Crippen LogP contribution is -2.53. The third kappa shape index (κ3) is 10.3. The van der Waals surface area contributed by atoms with Crippen LogP contribution in [0, 0.1) is 0 Å². The summed E-state index contributed by atoms with van der Waals surface area (Å²) in [6, 6.07) is 11.3. The molecule has 0 aliphatic heterocycles. The Labute approximate surface area is 332 Å². The van der Waals surface area contributed by atoms with E-state index in [-0.39, 0.29) is 28.3 Å². The predicted octanol–water partition coefficient (Wildman–Crippen LogP) is 14.9. The summed E-state index contributed by atoms with van der Waals surface area (Å²) < 4.78 is 322. The lowest BCUT2D eigenvalue weighted by atomic mass is 9.91. The van der Waals surface area contributed by atoms with Crippen molar-refractivity contribution < 1.29 is 105 Å². The van der Waals surface area contributed by atoms with Crippen molar-refractivity contribution in [3.63, 3.8) is 0 Å². The van der Waals surface area contributed by atoms with E-state index in [2.05, 4.69) is 0 Å². The van der Waals surface area contributed by atoms with E-state index in [1.54, 1.807) is 0 Å². The monoisotopic (exact) mass is 934 g/mol. The molecule has 0 aliphatic carbocycles. The smallest absolute Gasteiger partial charge is 0.199 e. The van der Waals surface area contributed by atoms with Gasteiger partial charge in [-0.05, 0) is 55.6 Å². The number of benzene rings is 4. The van der Waals surface area contributed by atoms with E-state index >= 15 is 0 Å². The Morgan fingerprint density at radius 2 is 0.419 bits per heavy atom. The SMILES string of the molecule is FC(F)(F)C(F)(F)Cc1cc(CC(F)(F)C(F)(F)F)cc(-c2ccc(-c3ccc(-c4cc(CC(F)(F)C(F)(F)C(F)(F)F)cc(CC(F)(F)C(F)(F)C(F)(F)F)c4)cc3)cc2)c1. The van der Waals surface area contributed by atoms with Gasteiger partial charge in [0.1, 0.15) is 0 Å². The molecular formula is C38H22F24. The molecule has 342 valence electrons. The Morgan fingerprint density at radius 3 is 0.613 bits per heavy atom. The first kappa shape index (κ1) is 49.9. The Morgan fingerprint density at radius 1 is 0.226 bits per heavy atom. The maximum absolute atomic E-state index is 14.3. The predicted molar refractivity (Wildman–Crippen MR) is 171 cm³/mol. The molecule has 62 heavy (non-hydrogen) atoms. The summed E-state index contributed by atoms with van der Waals surface area (Å²) in [5.41, 5.74) is -5.87. The molecule has 0 fully saturated rings. The minimum atomic E-state index is -6.87. The van der Waals surface area contributed by atoms with Crippen LogP contribution in [0.25, 0.3) is 33.4 Å². The summed E-state index contributed by atoms with van der Waals surface area (Å²) in [5, 5.41) is 0. The first-order valence-electron chi connectivity index (χ1n) is 16.7. The van der Waals surface area contributed by atoms with Crippen LogP contribution >= 0.6 is 0 Å². The number of hydrogen-bond donors (Lipinski definition) is 0. The second kappa shape index (κ2) is 16.1. The van der Waals surface area contributed by atoms with E-state index in [0.717, 1.165) is 36.4 Å². The van der Waals surface area contributed by atoms with Crippen molar-refractivity contribution in [1.82, 2.24) is 0 Å². The standard InChI is InChI=1S/C38H22F24/c39-29(40,33(47,48)37(57,58)59)15-19-9-20(16-30(41,42)34(49,50)38(60,61)62)12-27(11-19)25-5-1-23(2-6-25)24-3-7-26(8-4-24)28-13-21(17-31(43,44)35(51,52)53)10-22(14-28)18-32(45,46)36(54,55)56/h1-14H,15-18H2. The summed E-state index contributed by atoms with van der Waals surface area (Å²) in [5.74, 6) is -36.5. The highest BCUT2D eigenvalue weighted by Crippen LogP contribution is 2.50. The minimum Gasteiger partial charge on any atom is -0.199 e. The van der Waals surface area contributed by atoms with Gasteiger partial charge in [-0.25, -0.2) is 0 Å². The van der Waals surface area contributed by atoms with Crippen molar-refractivity contribution in [2.45, 2.75) is 85.9 Å². The van der Waals surface area contributed by atoms with Gasteiger partial charge in [-0.3, -0.25) is 0 Å². The largest absolute Gasteiger partial charge is 0.459 e. The Hall–Kier alpha value is -4.80. The van der Waals surface area contributed by atoms with Crippen molar-refractivity contribution in [2.75, 3.05) is 0 Å².